The zero-order chi connectivity index (χ0) is 16.7. The third-order valence-corrected chi connectivity index (χ3v) is 5.04. The highest BCUT2D eigenvalue weighted by atomic mass is 127. The number of guanidine groups is 1. The lowest BCUT2D eigenvalue weighted by molar-refractivity contribution is -0.0107. The van der Waals surface area contributed by atoms with Crippen LogP contribution in [0.1, 0.15) is 30.5 Å². The van der Waals surface area contributed by atoms with Gasteiger partial charge in [-0.05, 0) is 26.7 Å². The smallest absolute Gasteiger partial charge is 0.194 e. The molecule has 1 saturated heterocycles. The maximum atomic E-state index is 9.79. The molecule has 0 aromatic carbocycles. The molecule has 1 aromatic rings. The fourth-order valence-corrected chi connectivity index (χ4v) is 3.29. The van der Waals surface area contributed by atoms with Gasteiger partial charge in [-0.1, -0.05) is 0 Å². The average molecular weight is 468 g/mol. The SMILES string of the molecule is CCNC(=NCC1(CO)CCOCC1)N(C)Cc1csc(C)n1.I. The van der Waals surface area contributed by atoms with Gasteiger partial charge in [0.15, 0.2) is 5.96 Å². The van der Waals surface area contributed by atoms with Gasteiger partial charge < -0.3 is 20.1 Å². The lowest BCUT2D eigenvalue weighted by Crippen LogP contribution is -2.41. The van der Waals surface area contributed by atoms with Crippen molar-refractivity contribution in [1.29, 1.82) is 0 Å². The summed E-state index contributed by atoms with van der Waals surface area (Å²) in [6.45, 7) is 7.82. The summed E-state index contributed by atoms with van der Waals surface area (Å²) in [5.74, 6) is 0.859. The van der Waals surface area contributed by atoms with Crippen LogP contribution in [0, 0.1) is 12.3 Å². The maximum absolute atomic E-state index is 9.79. The number of nitrogens with one attached hydrogen (secondary N) is 1. The van der Waals surface area contributed by atoms with E-state index in [1.165, 1.54) is 0 Å². The molecular formula is C16H29IN4O2S. The summed E-state index contributed by atoms with van der Waals surface area (Å²) in [5, 5.41) is 16.3. The van der Waals surface area contributed by atoms with Crippen molar-refractivity contribution >= 4 is 41.3 Å². The van der Waals surface area contributed by atoms with E-state index in [0.717, 1.165) is 42.6 Å². The molecule has 8 heteroatoms. The summed E-state index contributed by atoms with van der Waals surface area (Å²) in [7, 11) is 2.02. The number of ether oxygens (including phenoxy) is 1. The quantitative estimate of drug-likeness (QED) is 0.381. The number of aliphatic hydroxyl groups is 1. The third-order valence-electron chi connectivity index (χ3n) is 4.22. The van der Waals surface area contributed by atoms with Crippen molar-refractivity contribution in [3.8, 4) is 0 Å². The van der Waals surface area contributed by atoms with Crippen LogP contribution in [0.2, 0.25) is 0 Å². The number of aromatic nitrogens is 1. The Morgan fingerprint density at radius 2 is 2.21 bits per heavy atom. The molecule has 6 nitrogen and oxygen atoms in total. The Morgan fingerprint density at radius 1 is 1.50 bits per heavy atom. The first-order valence-corrected chi connectivity index (χ1v) is 9.05. The fraction of sp³-hybridized carbons (Fsp3) is 0.750. The second-order valence-corrected chi connectivity index (χ2v) is 7.22. The molecule has 0 bridgehead atoms. The van der Waals surface area contributed by atoms with Gasteiger partial charge in [-0.15, -0.1) is 35.3 Å². The summed E-state index contributed by atoms with van der Waals surface area (Å²) >= 11 is 1.67. The van der Waals surface area contributed by atoms with Crippen molar-refractivity contribution in [1.82, 2.24) is 15.2 Å². The molecule has 2 N–H and O–H groups in total. The van der Waals surface area contributed by atoms with Gasteiger partial charge in [-0.3, -0.25) is 4.99 Å². The fourth-order valence-electron chi connectivity index (χ4n) is 2.68. The Bertz CT molecular complexity index is 518. The lowest BCUT2D eigenvalue weighted by atomic mass is 9.81. The lowest BCUT2D eigenvalue weighted by Gasteiger charge is -2.34. The van der Waals surface area contributed by atoms with Gasteiger partial charge in [0.1, 0.15) is 0 Å². The first kappa shape index (κ1) is 21.6. The van der Waals surface area contributed by atoms with Crippen LogP contribution >= 0.6 is 35.3 Å². The monoisotopic (exact) mass is 468 g/mol. The number of hydrogen-bond acceptors (Lipinski definition) is 5. The molecule has 0 spiro atoms. The van der Waals surface area contributed by atoms with E-state index in [-0.39, 0.29) is 36.0 Å². The number of halogens is 1. The van der Waals surface area contributed by atoms with Gasteiger partial charge in [-0.2, -0.15) is 0 Å². The van der Waals surface area contributed by atoms with Crippen LogP contribution < -0.4 is 5.32 Å². The average Bonchev–Trinajstić information content (AvgIpc) is 2.97. The number of thiazole rings is 1. The molecule has 2 rings (SSSR count). The van der Waals surface area contributed by atoms with E-state index in [2.05, 4.69) is 27.5 Å². The normalized spacial score (nSPS) is 17.2. The Hall–Kier alpha value is -0.450. The molecule has 24 heavy (non-hydrogen) atoms. The molecule has 0 unspecified atom stereocenters. The third kappa shape index (κ3) is 6.12. The van der Waals surface area contributed by atoms with Crippen molar-refractivity contribution in [2.24, 2.45) is 10.4 Å². The zero-order valence-electron chi connectivity index (χ0n) is 14.7. The standard InChI is InChI=1S/C16H28N4O2S.HI/c1-4-17-15(20(3)9-14-10-23-13(2)19-14)18-11-16(12-21)5-7-22-8-6-16;/h10,21H,4-9,11-12H2,1-3H3,(H,17,18);1H. The van der Waals surface area contributed by atoms with E-state index in [1.807, 2.05) is 14.0 Å². The van der Waals surface area contributed by atoms with E-state index in [1.54, 1.807) is 11.3 Å². The predicted octanol–water partition coefficient (Wildman–Crippen LogP) is 2.26. The summed E-state index contributed by atoms with van der Waals surface area (Å²) in [6, 6.07) is 0. The number of hydrogen-bond donors (Lipinski definition) is 2. The first-order valence-electron chi connectivity index (χ1n) is 8.17. The molecule has 0 aliphatic carbocycles. The Morgan fingerprint density at radius 3 is 2.75 bits per heavy atom. The number of aliphatic hydroxyl groups excluding tert-OH is 1. The molecule has 1 aromatic heterocycles. The van der Waals surface area contributed by atoms with Crippen LogP contribution in [-0.4, -0.2) is 60.9 Å². The highest BCUT2D eigenvalue weighted by Gasteiger charge is 2.32. The molecule has 1 fully saturated rings. The second kappa shape index (κ2) is 10.5. The number of nitrogens with zero attached hydrogens (tertiary/aromatic N) is 3. The first-order chi connectivity index (χ1) is 11.1. The van der Waals surface area contributed by atoms with Gasteiger partial charge in [0.2, 0.25) is 0 Å². The van der Waals surface area contributed by atoms with E-state index in [4.69, 9.17) is 9.73 Å². The van der Waals surface area contributed by atoms with Crippen LogP contribution in [0.5, 0.6) is 0 Å². The second-order valence-electron chi connectivity index (χ2n) is 6.15. The predicted molar refractivity (Wildman–Crippen MR) is 109 cm³/mol. The van der Waals surface area contributed by atoms with Crippen molar-refractivity contribution in [2.75, 3.05) is 40.0 Å². The van der Waals surface area contributed by atoms with Crippen molar-refractivity contribution in [3.63, 3.8) is 0 Å². The van der Waals surface area contributed by atoms with Gasteiger partial charge >= 0.3 is 0 Å². The van der Waals surface area contributed by atoms with Gasteiger partial charge in [0.05, 0.1) is 30.4 Å². The molecule has 0 radical (unpaired) electrons. The Kier molecular flexibility index (Phi) is 9.47. The van der Waals surface area contributed by atoms with E-state index in [9.17, 15) is 5.11 Å². The van der Waals surface area contributed by atoms with Gasteiger partial charge in [0.25, 0.3) is 0 Å². The zero-order valence-corrected chi connectivity index (χ0v) is 17.9. The van der Waals surface area contributed by atoms with Gasteiger partial charge in [-0.25, -0.2) is 4.98 Å². The highest BCUT2D eigenvalue weighted by molar-refractivity contribution is 14.0. The molecule has 1 aliphatic rings. The molecule has 0 amide bonds. The molecule has 138 valence electrons. The largest absolute Gasteiger partial charge is 0.396 e. The van der Waals surface area contributed by atoms with E-state index < -0.39 is 0 Å². The summed E-state index contributed by atoms with van der Waals surface area (Å²) in [4.78, 5) is 11.4. The summed E-state index contributed by atoms with van der Waals surface area (Å²) in [6.07, 6.45) is 1.73. The number of aliphatic imine (C=N–C) groups is 1. The topological polar surface area (TPSA) is 70.0 Å². The highest BCUT2D eigenvalue weighted by Crippen LogP contribution is 2.30. The van der Waals surface area contributed by atoms with Crippen LogP contribution in [-0.2, 0) is 11.3 Å². The van der Waals surface area contributed by atoms with Gasteiger partial charge in [0, 0.05) is 37.6 Å². The molecular weight excluding hydrogens is 439 g/mol. The number of rotatable bonds is 6. The van der Waals surface area contributed by atoms with Crippen LogP contribution in [0.3, 0.4) is 0 Å². The molecule has 0 atom stereocenters. The van der Waals surface area contributed by atoms with Crippen LogP contribution in [0.4, 0.5) is 0 Å². The minimum atomic E-state index is -0.142. The molecule has 2 heterocycles. The Balaban J connectivity index is 0.00000288. The summed E-state index contributed by atoms with van der Waals surface area (Å²) in [5.41, 5.74) is 0.917. The van der Waals surface area contributed by atoms with Crippen molar-refractivity contribution < 1.29 is 9.84 Å². The van der Waals surface area contributed by atoms with Crippen LogP contribution in [0.15, 0.2) is 10.4 Å². The van der Waals surface area contributed by atoms with E-state index >= 15 is 0 Å². The molecule has 0 saturated carbocycles. The van der Waals surface area contributed by atoms with Crippen LogP contribution in [0.25, 0.3) is 0 Å². The number of aryl methyl sites for hydroxylation is 1. The van der Waals surface area contributed by atoms with E-state index in [0.29, 0.717) is 19.8 Å². The minimum absolute atomic E-state index is 0. The maximum Gasteiger partial charge on any atom is 0.194 e. The molecule has 1 aliphatic heterocycles. The van der Waals surface area contributed by atoms with Crippen molar-refractivity contribution in [3.05, 3.63) is 16.1 Å². The minimum Gasteiger partial charge on any atom is -0.396 e. The summed E-state index contributed by atoms with van der Waals surface area (Å²) < 4.78 is 5.42. The van der Waals surface area contributed by atoms with Crippen molar-refractivity contribution in [2.45, 2.75) is 33.2 Å². The Labute approximate surface area is 165 Å².